The van der Waals surface area contributed by atoms with Crippen LogP contribution in [0.3, 0.4) is 0 Å². The zero-order valence-electron chi connectivity index (χ0n) is 11.8. The van der Waals surface area contributed by atoms with Gasteiger partial charge in [-0.3, -0.25) is 0 Å². The van der Waals surface area contributed by atoms with E-state index in [4.69, 9.17) is 0 Å². The van der Waals surface area contributed by atoms with E-state index >= 15 is 0 Å². The molecule has 0 aliphatic heterocycles. The van der Waals surface area contributed by atoms with E-state index in [-0.39, 0.29) is 5.82 Å². The number of rotatable bonds is 6. The minimum absolute atomic E-state index is 0.224. The van der Waals surface area contributed by atoms with Crippen LogP contribution in [0, 0.1) is 12.7 Å². The van der Waals surface area contributed by atoms with Crippen LogP contribution in [0.4, 0.5) is 16.2 Å². The van der Waals surface area contributed by atoms with E-state index in [2.05, 4.69) is 20.6 Å². The summed E-state index contributed by atoms with van der Waals surface area (Å²) in [6.45, 7) is 5.38. The lowest BCUT2D eigenvalue weighted by molar-refractivity contribution is 0.617. The van der Waals surface area contributed by atoms with Crippen molar-refractivity contribution in [3.8, 4) is 0 Å². The summed E-state index contributed by atoms with van der Waals surface area (Å²) in [7, 11) is 0. The number of anilines is 2. The molecule has 0 amide bonds. The minimum Gasteiger partial charge on any atom is -0.363 e. The molecule has 2 N–H and O–H groups in total. The van der Waals surface area contributed by atoms with Crippen molar-refractivity contribution in [2.45, 2.75) is 26.8 Å². The van der Waals surface area contributed by atoms with Gasteiger partial charge in [0.15, 0.2) is 11.6 Å². The Morgan fingerprint density at radius 2 is 2.00 bits per heavy atom. The maximum atomic E-state index is 13.7. The van der Waals surface area contributed by atoms with Crippen molar-refractivity contribution >= 4 is 11.8 Å². The number of aryl methyl sites for hydroxylation is 1. The van der Waals surface area contributed by atoms with Crippen molar-refractivity contribution < 1.29 is 4.39 Å². The molecule has 0 atom stereocenters. The molecule has 4 nitrogen and oxygen atoms in total. The van der Waals surface area contributed by atoms with Crippen LogP contribution in [0.15, 0.2) is 30.5 Å². The third-order valence-corrected chi connectivity index (χ3v) is 2.98. The second-order valence-corrected chi connectivity index (χ2v) is 4.60. The molecule has 5 heteroatoms. The fraction of sp³-hybridized carbons (Fsp3) is 0.333. The number of hydrogen-bond donors (Lipinski definition) is 2. The molecule has 0 aliphatic carbocycles. The van der Waals surface area contributed by atoms with E-state index < -0.39 is 5.82 Å². The molecule has 1 heterocycles. The van der Waals surface area contributed by atoms with Crippen molar-refractivity contribution in [2.75, 3.05) is 17.2 Å². The van der Waals surface area contributed by atoms with Gasteiger partial charge in [0.1, 0.15) is 0 Å². The van der Waals surface area contributed by atoms with Gasteiger partial charge in [-0.15, -0.1) is 0 Å². The SMILES string of the molecule is CCCNc1ncc(F)c(NCc2ccccc2C)n1. The molecule has 1 aromatic heterocycles. The molecule has 1 aromatic carbocycles. The average Bonchev–Trinajstić information content (AvgIpc) is 2.46. The first-order valence-corrected chi connectivity index (χ1v) is 6.75. The summed E-state index contributed by atoms with van der Waals surface area (Å²) in [5.41, 5.74) is 2.28. The minimum atomic E-state index is -0.444. The van der Waals surface area contributed by atoms with Gasteiger partial charge >= 0.3 is 0 Å². The number of nitrogens with one attached hydrogen (secondary N) is 2. The summed E-state index contributed by atoms with van der Waals surface area (Å²) in [5.74, 6) is 0.225. The van der Waals surface area contributed by atoms with E-state index in [0.717, 1.165) is 18.5 Å². The summed E-state index contributed by atoms with van der Waals surface area (Å²) in [6.07, 6.45) is 2.15. The van der Waals surface area contributed by atoms with Crippen LogP contribution in [0.5, 0.6) is 0 Å². The zero-order chi connectivity index (χ0) is 14.4. The van der Waals surface area contributed by atoms with E-state index in [1.807, 2.05) is 38.1 Å². The monoisotopic (exact) mass is 274 g/mol. The topological polar surface area (TPSA) is 49.8 Å². The highest BCUT2D eigenvalue weighted by Crippen LogP contribution is 2.14. The Morgan fingerprint density at radius 1 is 1.20 bits per heavy atom. The number of aromatic nitrogens is 2. The highest BCUT2D eigenvalue weighted by molar-refractivity contribution is 5.42. The average molecular weight is 274 g/mol. The Bertz CT molecular complexity index is 572. The fourth-order valence-corrected chi connectivity index (χ4v) is 1.80. The third-order valence-electron chi connectivity index (χ3n) is 2.98. The molecular formula is C15H19FN4. The van der Waals surface area contributed by atoms with E-state index in [0.29, 0.717) is 12.5 Å². The van der Waals surface area contributed by atoms with E-state index in [1.54, 1.807) is 0 Å². The van der Waals surface area contributed by atoms with Crippen LogP contribution in [0.1, 0.15) is 24.5 Å². The maximum absolute atomic E-state index is 13.7. The van der Waals surface area contributed by atoms with Crippen molar-refractivity contribution in [3.63, 3.8) is 0 Å². The second kappa shape index (κ2) is 6.84. The van der Waals surface area contributed by atoms with Gasteiger partial charge in [0.2, 0.25) is 5.95 Å². The van der Waals surface area contributed by atoms with Gasteiger partial charge in [-0.1, -0.05) is 31.2 Å². The largest absolute Gasteiger partial charge is 0.363 e. The van der Waals surface area contributed by atoms with Crippen LogP contribution in [-0.2, 0) is 6.54 Å². The normalized spacial score (nSPS) is 10.3. The van der Waals surface area contributed by atoms with Gasteiger partial charge in [0.25, 0.3) is 0 Å². The number of nitrogens with zero attached hydrogens (tertiary/aromatic N) is 2. The molecule has 0 fully saturated rings. The van der Waals surface area contributed by atoms with E-state index in [1.165, 1.54) is 11.8 Å². The lowest BCUT2D eigenvalue weighted by atomic mass is 10.1. The van der Waals surface area contributed by atoms with Gasteiger partial charge in [-0.25, -0.2) is 9.37 Å². The van der Waals surface area contributed by atoms with Crippen molar-refractivity contribution in [1.29, 1.82) is 0 Å². The molecule has 20 heavy (non-hydrogen) atoms. The summed E-state index contributed by atoms with van der Waals surface area (Å²) in [6, 6.07) is 7.99. The third kappa shape index (κ3) is 3.66. The standard InChI is InChI=1S/C15H19FN4/c1-3-8-17-15-19-10-13(16)14(20-15)18-9-12-7-5-4-6-11(12)2/h4-7,10H,3,8-9H2,1-2H3,(H2,17,18,19,20). The molecular weight excluding hydrogens is 255 g/mol. The van der Waals surface area contributed by atoms with Crippen molar-refractivity contribution in [3.05, 3.63) is 47.4 Å². The molecule has 0 spiro atoms. The van der Waals surface area contributed by atoms with Gasteiger partial charge in [0.05, 0.1) is 6.20 Å². The van der Waals surface area contributed by atoms with Crippen LogP contribution < -0.4 is 10.6 Å². The van der Waals surface area contributed by atoms with Crippen molar-refractivity contribution in [1.82, 2.24) is 9.97 Å². The number of halogens is 1. The summed E-state index contributed by atoms with van der Waals surface area (Å²) < 4.78 is 13.7. The Labute approximate surface area is 118 Å². The van der Waals surface area contributed by atoms with Gasteiger partial charge < -0.3 is 10.6 Å². The Morgan fingerprint density at radius 3 is 2.75 bits per heavy atom. The Kier molecular flexibility index (Phi) is 4.87. The van der Waals surface area contributed by atoms with Crippen LogP contribution in [0.25, 0.3) is 0 Å². The first-order valence-electron chi connectivity index (χ1n) is 6.75. The molecule has 106 valence electrons. The predicted molar refractivity (Wildman–Crippen MR) is 79.3 cm³/mol. The highest BCUT2D eigenvalue weighted by atomic mass is 19.1. The predicted octanol–water partition coefficient (Wildman–Crippen LogP) is 3.36. The lowest BCUT2D eigenvalue weighted by Gasteiger charge is -2.10. The fourth-order valence-electron chi connectivity index (χ4n) is 1.80. The van der Waals surface area contributed by atoms with Crippen LogP contribution in [-0.4, -0.2) is 16.5 Å². The van der Waals surface area contributed by atoms with Gasteiger partial charge in [0, 0.05) is 13.1 Å². The molecule has 0 saturated carbocycles. The molecule has 0 unspecified atom stereocenters. The zero-order valence-corrected chi connectivity index (χ0v) is 11.8. The molecule has 2 rings (SSSR count). The molecule has 0 bridgehead atoms. The smallest absolute Gasteiger partial charge is 0.224 e. The highest BCUT2D eigenvalue weighted by Gasteiger charge is 2.07. The van der Waals surface area contributed by atoms with E-state index in [9.17, 15) is 4.39 Å². The maximum Gasteiger partial charge on any atom is 0.224 e. The van der Waals surface area contributed by atoms with Crippen molar-refractivity contribution in [2.24, 2.45) is 0 Å². The second-order valence-electron chi connectivity index (χ2n) is 4.60. The molecule has 0 radical (unpaired) electrons. The number of benzene rings is 1. The Balaban J connectivity index is 2.07. The lowest BCUT2D eigenvalue weighted by Crippen LogP contribution is -2.09. The first-order chi connectivity index (χ1) is 9.70. The summed E-state index contributed by atoms with van der Waals surface area (Å²) in [4.78, 5) is 8.06. The molecule has 2 aromatic rings. The summed E-state index contributed by atoms with van der Waals surface area (Å²) >= 11 is 0. The molecule has 0 aliphatic rings. The van der Waals surface area contributed by atoms with Crippen LogP contribution >= 0.6 is 0 Å². The van der Waals surface area contributed by atoms with Gasteiger partial charge in [-0.2, -0.15) is 4.98 Å². The van der Waals surface area contributed by atoms with Crippen LogP contribution in [0.2, 0.25) is 0 Å². The number of hydrogen-bond acceptors (Lipinski definition) is 4. The first kappa shape index (κ1) is 14.2. The molecule has 0 saturated heterocycles. The summed E-state index contributed by atoms with van der Waals surface area (Å²) in [5, 5.41) is 6.06. The quantitative estimate of drug-likeness (QED) is 0.848. The Hall–Kier alpha value is -2.17. The van der Waals surface area contributed by atoms with Gasteiger partial charge in [-0.05, 0) is 24.5 Å².